The topological polar surface area (TPSA) is 228 Å². The number of fused-ring (bicyclic) bond motifs is 2. The van der Waals surface area contributed by atoms with E-state index in [4.69, 9.17) is 18.7 Å². The molecule has 2 aromatic rings. The fourth-order valence-electron chi connectivity index (χ4n) is 5.14. The fraction of sp³-hybridized carbons (Fsp3) is 0.324. The number of carbonyl (C=O) groups excluding carboxylic acids is 5. The highest BCUT2D eigenvalue weighted by Crippen LogP contribution is 2.42. The van der Waals surface area contributed by atoms with Crippen LogP contribution < -0.4 is 16.1 Å². The molecule has 17 heteroatoms. The molecule has 0 fully saturated rings. The molecule has 286 valence electrons. The minimum Gasteiger partial charge on any atom is -0.508 e. The van der Waals surface area contributed by atoms with E-state index in [1.54, 1.807) is 19.1 Å². The molecule has 4 rings (SSSR count). The summed E-state index contributed by atoms with van der Waals surface area (Å²) in [6.07, 6.45) is 0.625. The summed E-state index contributed by atoms with van der Waals surface area (Å²) in [5.41, 5.74) is 1.13. The van der Waals surface area contributed by atoms with Crippen LogP contribution in [0.4, 0.5) is 0 Å². The summed E-state index contributed by atoms with van der Waals surface area (Å²) in [5.74, 6) is -2.94. The Hall–Kier alpha value is -5.78. The van der Waals surface area contributed by atoms with Crippen molar-refractivity contribution in [3.8, 4) is 28.2 Å². The average Bonchev–Trinajstić information content (AvgIpc) is 3.14. The van der Waals surface area contributed by atoms with Gasteiger partial charge in [-0.15, -0.1) is 5.06 Å². The van der Waals surface area contributed by atoms with Crippen molar-refractivity contribution in [1.29, 1.82) is 0 Å². The summed E-state index contributed by atoms with van der Waals surface area (Å²) in [6, 6.07) is 12.8. The Morgan fingerprint density at radius 1 is 0.889 bits per heavy atom. The van der Waals surface area contributed by atoms with E-state index in [0.717, 1.165) is 0 Å². The molecule has 1 heterocycles. The molecule has 1 aliphatic heterocycles. The third-order valence-corrected chi connectivity index (χ3v) is 8.58. The lowest BCUT2D eigenvalue weighted by molar-refractivity contribution is -0.196. The van der Waals surface area contributed by atoms with Crippen molar-refractivity contribution in [2.45, 2.75) is 26.2 Å². The largest absolute Gasteiger partial charge is 0.508 e. The molecule has 4 N–H and O–H groups in total. The van der Waals surface area contributed by atoms with Crippen LogP contribution in [-0.2, 0) is 33.5 Å². The van der Waals surface area contributed by atoms with Gasteiger partial charge in [-0.25, -0.2) is 9.59 Å². The number of hydroxylamine groups is 2. The summed E-state index contributed by atoms with van der Waals surface area (Å²) in [4.78, 5) is 88.4. The van der Waals surface area contributed by atoms with Crippen molar-refractivity contribution in [3.05, 3.63) is 75.9 Å². The minimum absolute atomic E-state index is 0.0718. The number of hydrogen-bond donors (Lipinski definition) is 4. The van der Waals surface area contributed by atoms with Crippen molar-refractivity contribution < 1.29 is 57.7 Å². The summed E-state index contributed by atoms with van der Waals surface area (Å²) >= 11 is 1.19. The van der Waals surface area contributed by atoms with Gasteiger partial charge in [-0.3, -0.25) is 24.0 Å². The Morgan fingerprint density at radius 2 is 1.61 bits per heavy atom. The first-order valence-corrected chi connectivity index (χ1v) is 18.0. The Kier molecular flexibility index (Phi) is 15.5. The maximum atomic E-state index is 12.9. The summed E-state index contributed by atoms with van der Waals surface area (Å²) in [5, 5.41) is 26.4. The van der Waals surface area contributed by atoms with E-state index in [0.29, 0.717) is 28.0 Å². The van der Waals surface area contributed by atoms with Crippen LogP contribution in [0.5, 0.6) is 5.75 Å². The van der Waals surface area contributed by atoms with Gasteiger partial charge in [0.15, 0.2) is 5.43 Å². The van der Waals surface area contributed by atoms with Gasteiger partial charge in [0.05, 0.1) is 44.2 Å². The van der Waals surface area contributed by atoms with Crippen molar-refractivity contribution >= 4 is 58.8 Å². The number of aromatic hydroxyl groups is 1. The predicted molar refractivity (Wildman–Crippen MR) is 196 cm³/mol. The number of amides is 4. The molecule has 0 atom stereocenters. The number of thioether (sulfide) groups is 1. The smallest absolute Gasteiger partial charge is 0.336 e. The van der Waals surface area contributed by atoms with E-state index in [1.165, 1.54) is 54.2 Å². The van der Waals surface area contributed by atoms with E-state index >= 15 is 0 Å². The number of carboxylic acid groups (broad SMARTS) is 1. The highest BCUT2D eigenvalue weighted by molar-refractivity contribution is 7.99. The van der Waals surface area contributed by atoms with Crippen LogP contribution in [0.1, 0.15) is 46.9 Å². The molecular formula is C37H39N3O13S. The summed E-state index contributed by atoms with van der Waals surface area (Å²) in [6.45, 7) is 2.97. The molecule has 0 saturated heterocycles. The Morgan fingerprint density at radius 3 is 2.31 bits per heavy atom. The second-order valence-electron chi connectivity index (χ2n) is 11.6. The lowest BCUT2D eigenvalue weighted by Gasteiger charge is -2.17. The van der Waals surface area contributed by atoms with Crippen LogP contribution in [-0.4, -0.2) is 102 Å². The molecule has 1 aliphatic carbocycles. The summed E-state index contributed by atoms with van der Waals surface area (Å²) in [7, 11) is 0. The Balaban J connectivity index is 1.15. The van der Waals surface area contributed by atoms with Crippen LogP contribution in [0.3, 0.4) is 0 Å². The normalized spacial score (nSPS) is 10.9. The number of imide groups is 1. The molecule has 0 aromatic heterocycles. The Bertz CT molecular complexity index is 2010. The molecule has 0 bridgehead atoms. The fourth-order valence-corrected chi connectivity index (χ4v) is 5.88. The van der Waals surface area contributed by atoms with Crippen molar-refractivity contribution in [1.82, 2.24) is 15.7 Å². The van der Waals surface area contributed by atoms with Crippen LogP contribution >= 0.6 is 11.8 Å². The number of carboxylic acids is 1. The third-order valence-electron chi connectivity index (χ3n) is 7.62. The maximum absolute atomic E-state index is 12.9. The van der Waals surface area contributed by atoms with Crippen molar-refractivity contribution in [2.24, 2.45) is 0 Å². The van der Waals surface area contributed by atoms with Gasteiger partial charge < -0.3 is 39.6 Å². The molecule has 0 radical (unpaired) electrons. The Labute approximate surface area is 313 Å². The first-order valence-electron chi connectivity index (χ1n) is 16.9. The number of aromatic carboxylic acids is 1. The number of nitrogens with one attached hydrogen (secondary N) is 2. The number of hydrogen-bond acceptors (Lipinski definition) is 13. The lowest BCUT2D eigenvalue weighted by atomic mass is 9.90. The number of phenolic OH excluding ortho intramolecular Hbond substituents is 1. The van der Waals surface area contributed by atoms with Crippen LogP contribution in [0.15, 0.2) is 63.8 Å². The third kappa shape index (κ3) is 11.6. The lowest BCUT2D eigenvalue weighted by Crippen LogP contribution is -2.32. The van der Waals surface area contributed by atoms with E-state index in [9.17, 15) is 43.8 Å². The molecule has 16 nitrogen and oxygen atoms in total. The van der Waals surface area contributed by atoms with Gasteiger partial charge in [0.1, 0.15) is 17.1 Å². The van der Waals surface area contributed by atoms with Crippen LogP contribution in [0.2, 0.25) is 0 Å². The number of carbonyl (C=O) groups is 6. The second kappa shape index (κ2) is 20.5. The number of nitrogens with zero attached hydrogens (tertiary/aromatic N) is 1. The molecule has 0 unspecified atom stereocenters. The molecule has 0 spiro atoms. The number of benzene rings is 3. The standard InChI is InChI=1S/C37H39N3O13S/c1-2-3-33(45)40(22-41)53-34(46)10-17-54-21-32(44)38-11-13-50-15-16-51-14-12-39-36(47)23-4-7-26(29(18-23)37(48)49)35-27-8-5-24(42)19-30(27)52-31-20-25(43)6-9-28(31)35/h4-9,18-20,22,42H,2-3,10-17,21H2,1H3,(H,38,44)(H,39,47)(H,48,49). The number of rotatable bonds is 20. The average molecular weight is 766 g/mol. The molecular weight excluding hydrogens is 726 g/mol. The van der Waals surface area contributed by atoms with Crippen LogP contribution in [0, 0.1) is 0 Å². The van der Waals surface area contributed by atoms with Crippen molar-refractivity contribution in [3.63, 3.8) is 0 Å². The quantitative estimate of drug-likeness (QED) is 0.0439. The number of ether oxygens (including phenoxy) is 2. The highest BCUT2D eigenvalue weighted by atomic mass is 32.2. The molecule has 0 saturated carbocycles. The van der Waals surface area contributed by atoms with E-state index in [2.05, 4.69) is 10.6 Å². The molecule has 54 heavy (non-hydrogen) atoms. The van der Waals surface area contributed by atoms with Gasteiger partial charge >= 0.3 is 11.9 Å². The highest BCUT2D eigenvalue weighted by Gasteiger charge is 2.23. The zero-order chi connectivity index (χ0) is 39.0. The summed E-state index contributed by atoms with van der Waals surface area (Å²) < 4.78 is 16.7. The molecule has 4 amide bonds. The minimum atomic E-state index is -1.27. The van der Waals surface area contributed by atoms with E-state index in [1.807, 2.05) is 0 Å². The first kappa shape index (κ1) is 41.0. The SMILES string of the molecule is CCCC(=O)N(C=O)OC(=O)CCSCC(=O)NCCOCCOCCNC(=O)c1ccc(-c2c3ccc(=O)cc-3oc3cc(O)ccc23)c(C(=O)O)c1. The zero-order valence-electron chi connectivity index (χ0n) is 29.3. The second-order valence-corrected chi connectivity index (χ2v) is 12.7. The van der Waals surface area contributed by atoms with E-state index in [-0.39, 0.29) is 115 Å². The monoisotopic (exact) mass is 765 g/mol. The van der Waals surface area contributed by atoms with Crippen LogP contribution in [0.25, 0.3) is 33.4 Å². The van der Waals surface area contributed by atoms with Gasteiger partial charge in [0.2, 0.25) is 5.91 Å². The predicted octanol–water partition coefficient (Wildman–Crippen LogP) is 3.21. The number of phenols is 1. The van der Waals surface area contributed by atoms with E-state index < -0.39 is 23.8 Å². The maximum Gasteiger partial charge on any atom is 0.336 e. The van der Waals surface area contributed by atoms with Gasteiger partial charge in [-0.05, 0) is 48.4 Å². The van der Waals surface area contributed by atoms with Gasteiger partial charge in [0, 0.05) is 59.5 Å². The van der Waals surface area contributed by atoms with Gasteiger partial charge in [-0.2, -0.15) is 11.8 Å². The molecule has 2 aliphatic rings. The molecule has 2 aromatic carbocycles. The van der Waals surface area contributed by atoms with Crippen molar-refractivity contribution in [2.75, 3.05) is 51.0 Å². The zero-order valence-corrected chi connectivity index (χ0v) is 30.1. The van der Waals surface area contributed by atoms with Gasteiger partial charge in [0.25, 0.3) is 18.2 Å². The van der Waals surface area contributed by atoms with Gasteiger partial charge in [-0.1, -0.05) is 13.0 Å². The first-order chi connectivity index (χ1) is 26.0.